The summed E-state index contributed by atoms with van der Waals surface area (Å²) in [5, 5.41) is 12.3. The zero-order chi connectivity index (χ0) is 6.53. The Morgan fingerprint density at radius 2 is 2.33 bits per heavy atom. The second-order valence-corrected chi connectivity index (χ2v) is 2.32. The van der Waals surface area contributed by atoms with Gasteiger partial charge in [0.15, 0.2) is 0 Å². The molecular formula is C7H13NO. The lowest BCUT2D eigenvalue weighted by Crippen LogP contribution is -2.22. The first-order chi connectivity index (χ1) is 4.39. The molecule has 0 saturated heterocycles. The third kappa shape index (κ3) is 2.63. The van der Waals surface area contributed by atoms with Crippen molar-refractivity contribution in [3.05, 3.63) is 12.2 Å². The molecule has 0 aromatic rings. The fourth-order valence-electron chi connectivity index (χ4n) is 0.910. The number of aliphatic hydroxyl groups is 1. The molecule has 52 valence electrons. The van der Waals surface area contributed by atoms with E-state index in [-0.39, 0.29) is 6.10 Å². The highest BCUT2D eigenvalue weighted by Gasteiger charge is 1.99. The van der Waals surface area contributed by atoms with E-state index >= 15 is 0 Å². The van der Waals surface area contributed by atoms with Gasteiger partial charge in [-0.05, 0) is 25.9 Å². The predicted molar refractivity (Wildman–Crippen MR) is 37.3 cm³/mol. The molecule has 1 aliphatic rings. The largest absolute Gasteiger partial charge is 0.389 e. The van der Waals surface area contributed by atoms with Gasteiger partial charge in [0.1, 0.15) is 0 Å². The van der Waals surface area contributed by atoms with Crippen molar-refractivity contribution < 1.29 is 5.11 Å². The molecule has 1 rings (SSSR count). The van der Waals surface area contributed by atoms with Crippen LogP contribution in [-0.4, -0.2) is 24.3 Å². The van der Waals surface area contributed by atoms with Gasteiger partial charge in [0.2, 0.25) is 0 Å². The van der Waals surface area contributed by atoms with E-state index in [4.69, 9.17) is 5.11 Å². The summed E-state index contributed by atoms with van der Waals surface area (Å²) in [4.78, 5) is 0. The number of aliphatic hydroxyl groups excluding tert-OH is 1. The van der Waals surface area contributed by atoms with Crippen LogP contribution < -0.4 is 5.32 Å². The molecule has 1 aliphatic heterocycles. The normalized spacial score (nSPS) is 32.8. The molecule has 0 fully saturated rings. The van der Waals surface area contributed by atoms with Crippen LogP contribution in [0.1, 0.15) is 12.8 Å². The second-order valence-electron chi connectivity index (χ2n) is 2.32. The zero-order valence-corrected chi connectivity index (χ0v) is 5.51. The van der Waals surface area contributed by atoms with Gasteiger partial charge in [-0.1, -0.05) is 12.2 Å². The maximum Gasteiger partial charge on any atom is 0.0733 e. The number of nitrogens with one attached hydrogen (secondary N) is 1. The molecule has 2 heteroatoms. The topological polar surface area (TPSA) is 32.3 Å². The van der Waals surface area contributed by atoms with E-state index in [1.807, 2.05) is 12.2 Å². The van der Waals surface area contributed by atoms with E-state index < -0.39 is 0 Å². The number of hydrogen-bond acceptors (Lipinski definition) is 2. The monoisotopic (exact) mass is 127 g/mol. The van der Waals surface area contributed by atoms with Gasteiger partial charge in [0.25, 0.3) is 0 Å². The Morgan fingerprint density at radius 1 is 1.44 bits per heavy atom. The standard InChI is InChI=1S/C7H13NO/c9-7-3-1-2-5-8-6-4-7/h1,3,7-9H,2,4-6H2/b3-1+. The van der Waals surface area contributed by atoms with Crippen LogP contribution in [0.5, 0.6) is 0 Å². The molecule has 1 heterocycles. The average Bonchev–Trinajstić information content (AvgIpc) is 1.79. The molecule has 0 radical (unpaired) electrons. The molecule has 1 unspecified atom stereocenters. The highest BCUT2D eigenvalue weighted by molar-refractivity contribution is 4.90. The summed E-state index contributed by atoms with van der Waals surface area (Å²) in [6.07, 6.45) is 5.56. The first kappa shape index (κ1) is 6.78. The van der Waals surface area contributed by atoms with Crippen molar-refractivity contribution in [1.29, 1.82) is 0 Å². The molecule has 9 heavy (non-hydrogen) atoms. The summed E-state index contributed by atoms with van der Waals surface area (Å²) >= 11 is 0. The van der Waals surface area contributed by atoms with E-state index in [0.29, 0.717) is 0 Å². The number of rotatable bonds is 0. The minimum atomic E-state index is -0.224. The van der Waals surface area contributed by atoms with Crippen molar-refractivity contribution in [3.8, 4) is 0 Å². The van der Waals surface area contributed by atoms with Gasteiger partial charge in [-0.25, -0.2) is 0 Å². The summed E-state index contributed by atoms with van der Waals surface area (Å²) in [5.74, 6) is 0. The quantitative estimate of drug-likeness (QED) is 0.458. The van der Waals surface area contributed by atoms with Crippen molar-refractivity contribution in [1.82, 2.24) is 5.32 Å². The minimum Gasteiger partial charge on any atom is -0.389 e. The van der Waals surface area contributed by atoms with Crippen LogP contribution in [0.2, 0.25) is 0 Å². The van der Waals surface area contributed by atoms with Crippen molar-refractivity contribution >= 4 is 0 Å². The van der Waals surface area contributed by atoms with Gasteiger partial charge in [-0.15, -0.1) is 0 Å². The van der Waals surface area contributed by atoms with E-state index in [1.54, 1.807) is 0 Å². The first-order valence-electron chi connectivity index (χ1n) is 3.45. The third-order valence-electron chi connectivity index (χ3n) is 1.46. The lowest BCUT2D eigenvalue weighted by atomic mass is 10.2. The Balaban J connectivity index is 2.30. The van der Waals surface area contributed by atoms with Gasteiger partial charge < -0.3 is 10.4 Å². The highest BCUT2D eigenvalue weighted by atomic mass is 16.3. The minimum absolute atomic E-state index is 0.224. The molecule has 2 nitrogen and oxygen atoms in total. The molecule has 0 saturated carbocycles. The molecule has 1 atom stereocenters. The van der Waals surface area contributed by atoms with Gasteiger partial charge in [0, 0.05) is 0 Å². The SMILES string of the molecule is OC1/C=C/CCNCC1. The maximum absolute atomic E-state index is 9.09. The van der Waals surface area contributed by atoms with Gasteiger partial charge in [-0.2, -0.15) is 0 Å². The molecule has 2 N–H and O–H groups in total. The Kier molecular flexibility index (Phi) is 2.74. The summed E-state index contributed by atoms with van der Waals surface area (Å²) in [5.41, 5.74) is 0. The Bertz CT molecular complexity index is 101. The fourth-order valence-corrected chi connectivity index (χ4v) is 0.910. The second kappa shape index (κ2) is 3.64. The van der Waals surface area contributed by atoms with Gasteiger partial charge >= 0.3 is 0 Å². The van der Waals surface area contributed by atoms with Crippen LogP contribution >= 0.6 is 0 Å². The maximum atomic E-state index is 9.09. The summed E-state index contributed by atoms with van der Waals surface area (Å²) in [6, 6.07) is 0. The van der Waals surface area contributed by atoms with E-state index in [9.17, 15) is 0 Å². The van der Waals surface area contributed by atoms with Gasteiger partial charge in [-0.3, -0.25) is 0 Å². The van der Waals surface area contributed by atoms with E-state index in [1.165, 1.54) is 0 Å². The van der Waals surface area contributed by atoms with Crippen LogP contribution in [0.4, 0.5) is 0 Å². The number of hydrogen-bond donors (Lipinski definition) is 2. The van der Waals surface area contributed by atoms with Crippen molar-refractivity contribution in [2.75, 3.05) is 13.1 Å². The van der Waals surface area contributed by atoms with Crippen LogP contribution in [0.15, 0.2) is 12.2 Å². The molecule has 0 amide bonds. The first-order valence-corrected chi connectivity index (χ1v) is 3.45. The fraction of sp³-hybridized carbons (Fsp3) is 0.714. The lowest BCUT2D eigenvalue weighted by Gasteiger charge is -2.09. The van der Waals surface area contributed by atoms with Crippen molar-refractivity contribution in [2.45, 2.75) is 18.9 Å². The van der Waals surface area contributed by atoms with E-state index in [2.05, 4.69) is 5.32 Å². The summed E-state index contributed by atoms with van der Waals surface area (Å²) in [7, 11) is 0. The Morgan fingerprint density at radius 3 is 3.22 bits per heavy atom. The molecular weight excluding hydrogens is 114 g/mol. The van der Waals surface area contributed by atoms with Crippen molar-refractivity contribution in [2.24, 2.45) is 0 Å². The Hall–Kier alpha value is -0.340. The molecule has 0 bridgehead atoms. The van der Waals surface area contributed by atoms with Crippen LogP contribution in [0, 0.1) is 0 Å². The highest BCUT2D eigenvalue weighted by Crippen LogP contribution is 1.96. The van der Waals surface area contributed by atoms with Crippen LogP contribution in [0.25, 0.3) is 0 Å². The van der Waals surface area contributed by atoms with Crippen molar-refractivity contribution in [3.63, 3.8) is 0 Å². The van der Waals surface area contributed by atoms with Crippen LogP contribution in [0.3, 0.4) is 0 Å². The molecule has 0 aromatic heterocycles. The van der Waals surface area contributed by atoms with E-state index in [0.717, 1.165) is 25.9 Å². The average molecular weight is 127 g/mol. The molecule has 0 aromatic carbocycles. The summed E-state index contributed by atoms with van der Waals surface area (Å²) < 4.78 is 0. The predicted octanol–water partition coefficient (Wildman–Crippen LogP) is 0.287. The zero-order valence-electron chi connectivity index (χ0n) is 5.51. The third-order valence-corrected chi connectivity index (χ3v) is 1.46. The van der Waals surface area contributed by atoms with Gasteiger partial charge in [0.05, 0.1) is 6.10 Å². The van der Waals surface area contributed by atoms with Crippen LogP contribution in [-0.2, 0) is 0 Å². The Labute approximate surface area is 55.6 Å². The molecule has 0 spiro atoms. The molecule has 0 aliphatic carbocycles. The summed E-state index contributed by atoms with van der Waals surface area (Å²) in [6.45, 7) is 1.98. The lowest BCUT2D eigenvalue weighted by molar-refractivity contribution is 0.210. The smallest absolute Gasteiger partial charge is 0.0733 e.